The summed E-state index contributed by atoms with van der Waals surface area (Å²) >= 11 is 0. The average Bonchev–Trinajstić information content (AvgIpc) is 2.86. The van der Waals surface area contributed by atoms with E-state index in [1.165, 1.54) is 0 Å². The third-order valence-electron chi connectivity index (χ3n) is 3.63. The molecule has 1 saturated heterocycles. The van der Waals surface area contributed by atoms with E-state index in [0.717, 1.165) is 5.56 Å². The summed E-state index contributed by atoms with van der Waals surface area (Å²) in [7, 11) is 0. The van der Waals surface area contributed by atoms with Crippen molar-refractivity contribution < 1.29 is 49.0 Å². The molecule has 1 unspecified atom stereocenters. The Hall–Kier alpha value is -1.37. The topological polar surface area (TPSA) is 98.3 Å². The van der Waals surface area contributed by atoms with E-state index >= 15 is 0 Å². The Bertz CT molecular complexity index is 550. The Morgan fingerprint density at radius 2 is 1.91 bits per heavy atom. The first-order valence-corrected chi connectivity index (χ1v) is 6.85. The molecule has 0 aliphatic carbocycles. The van der Waals surface area contributed by atoms with Crippen molar-refractivity contribution in [3.63, 3.8) is 0 Å². The summed E-state index contributed by atoms with van der Waals surface area (Å²) in [5, 5.41) is 16.0. The van der Waals surface area contributed by atoms with Gasteiger partial charge in [0.05, 0.1) is 5.54 Å². The number of nitrogens with one attached hydrogen (secondary N) is 2. The molecule has 1 aliphatic heterocycles. The fourth-order valence-electron chi connectivity index (χ4n) is 2.48. The summed E-state index contributed by atoms with van der Waals surface area (Å²) in [4.78, 5) is 33.6. The van der Waals surface area contributed by atoms with Gasteiger partial charge < -0.3 is 20.5 Å². The Morgan fingerprint density at radius 3 is 2.45 bits per heavy atom. The largest absolute Gasteiger partial charge is 1.00 e. The maximum Gasteiger partial charge on any atom is 1.00 e. The van der Waals surface area contributed by atoms with Gasteiger partial charge in [-0.3, -0.25) is 9.59 Å². The van der Waals surface area contributed by atoms with Crippen LogP contribution in [0.25, 0.3) is 0 Å². The molecule has 22 heavy (non-hydrogen) atoms. The van der Waals surface area contributed by atoms with Crippen LogP contribution < -0.4 is 45.3 Å². The Kier molecular flexibility index (Phi) is 7.06. The van der Waals surface area contributed by atoms with E-state index in [1.807, 2.05) is 30.3 Å². The molecule has 0 radical (unpaired) electrons. The van der Waals surface area contributed by atoms with Crippen LogP contribution in [-0.4, -0.2) is 24.3 Å². The zero-order valence-corrected chi connectivity index (χ0v) is 14.6. The van der Waals surface area contributed by atoms with Gasteiger partial charge in [-0.15, -0.1) is 0 Å². The molecule has 0 saturated carbocycles. The summed E-state index contributed by atoms with van der Waals surface area (Å²) in [6, 6.07) is 9.43. The zero-order chi connectivity index (χ0) is 15.3. The van der Waals surface area contributed by atoms with Crippen LogP contribution in [0.4, 0.5) is 0 Å². The van der Waals surface area contributed by atoms with Gasteiger partial charge in [0.2, 0.25) is 11.8 Å². The van der Waals surface area contributed by atoms with Gasteiger partial charge >= 0.3 is 29.6 Å². The molecule has 2 rings (SSSR count). The van der Waals surface area contributed by atoms with Gasteiger partial charge in [0.15, 0.2) is 0 Å². The molecule has 112 valence electrons. The van der Waals surface area contributed by atoms with E-state index in [-0.39, 0.29) is 60.8 Å². The first kappa shape index (κ1) is 18.7. The number of carboxylic acid groups (broad SMARTS) is 1. The second kappa shape index (κ2) is 8.31. The minimum atomic E-state index is -1.25. The molecule has 1 aromatic rings. The zero-order valence-electron chi connectivity index (χ0n) is 12.6. The van der Waals surface area contributed by atoms with E-state index in [2.05, 4.69) is 10.6 Å². The van der Waals surface area contributed by atoms with Crippen molar-refractivity contribution in [2.75, 3.05) is 6.54 Å². The molecule has 1 atom stereocenters. The molecular weight excluding hydrogens is 295 g/mol. The van der Waals surface area contributed by atoms with Crippen LogP contribution in [-0.2, 0) is 19.9 Å². The predicted octanol–water partition coefficient (Wildman–Crippen LogP) is -3.56. The third kappa shape index (κ3) is 4.83. The van der Waals surface area contributed by atoms with Crippen molar-refractivity contribution in [2.24, 2.45) is 0 Å². The molecule has 1 aliphatic rings. The molecular formula is C15H17N2NaO4. The Morgan fingerprint density at radius 1 is 1.23 bits per heavy atom. The van der Waals surface area contributed by atoms with Crippen molar-refractivity contribution >= 4 is 17.8 Å². The first-order valence-electron chi connectivity index (χ1n) is 6.85. The van der Waals surface area contributed by atoms with Gasteiger partial charge in [-0.25, -0.2) is 0 Å². The van der Waals surface area contributed by atoms with E-state index in [4.69, 9.17) is 0 Å². The van der Waals surface area contributed by atoms with Gasteiger partial charge in [0.25, 0.3) is 0 Å². The summed E-state index contributed by atoms with van der Waals surface area (Å²) in [5.41, 5.74) is 0.311. The summed E-state index contributed by atoms with van der Waals surface area (Å²) in [5.74, 6) is -1.67. The fourth-order valence-corrected chi connectivity index (χ4v) is 2.48. The van der Waals surface area contributed by atoms with Crippen LogP contribution in [0.3, 0.4) is 0 Å². The number of carbonyl (C=O) groups is 3. The summed E-state index contributed by atoms with van der Waals surface area (Å²) in [6.07, 6.45) is 0.568. The molecule has 0 spiro atoms. The van der Waals surface area contributed by atoms with Crippen molar-refractivity contribution in [1.82, 2.24) is 10.6 Å². The molecule has 2 amide bonds. The van der Waals surface area contributed by atoms with E-state index in [0.29, 0.717) is 12.8 Å². The van der Waals surface area contributed by atoms with Gasteiger partial charge in [-0.2, -0.15) is 0 Å². The molecule has 7 heteroatoms. The standard InChI is InChI=1S/C15H18N2O4.Na/c18-12(6-7-14(20)21)16-10-15(9-8-13(19)17-15)11-4-2-1-3-5-11;/h1-5H,6-10H2,(H,16,18)(H,17,19)(H,20,21);/q;+1/p-1. The number of rotatable bonds is 6. The first-order chi connectivity index (χ1) is 10.0. The molecule has 1 aromatic carbocycles. The van der Waals surface area contributed by atoms with Crippen molar-refractivity contribution in [1.29, 1.82) is 0 Å². The van der Waals surface area contributed by atoms with Crippen LogP contribution in [0, 0.1) is 0 Å². The fraction of sp³-hybridized carbons (Fsp3) is 0.400. The molecule has 2 N–H and O–H groups in total. The van der Waals surface area contributed by atoms with E-state index in [9.17, 15) is 19.5 Å². The maximum absolute atomic E-state index is 11.6. The van der Waals surface area contributed by atoms with Gasteiger partial charge in [0.1, 0.15) is 0 Å². The number of carboxylic acids is 1. The minimum Gasteiger partial charge on any atom is -0.550 e. The predicted molar refractivity (Wildman–Crippen MR) is 72.7 cm³/mol. The molecule has 1 fully saturated rings. The quantitative estimate of drug-likeness (QED) is 0.531. The van der Waals surface area contributed by atoms with Crippen molar-refractivity contribution in [3.05, 3.63) is 35.9 Å². The molecule has 6 nitrogen and oxygen atoms in total. The SMILES string of the molecule is O=C([O-])CCC(=O)NCC1(c2ccccc2)CCC(=O)N1.[Na+]. The van der Waals surface area contributed by atoms with Crippen molar-refractivity contribution in [2.45, 2.75) is 31.2 Å². The number of benzene rings is 1. The van der Waals surface area contributed by atoms with Gasteiger partial charge in [-0.1, -0.05) is 30.3 Å². The van der Waals surface area contributed by atoms with E-state index in [1.54, 1.807) is 0 Å². The second-order valence-electron chi connectivity index (χ2n) is 5.15. The van der Waals surface area contributed by atoms with Gasteiger partial charge in [0, 0.05) is 25.4 Å². The monoisotopic (exact) mass is 312 g/mol. The second-order valence-corrected chi connectivity index (χ2v) is 5.15. The molecule has 0 bridgehead atoms. The minimum absolute atomic E-state index is 0. The Balaban J connectivity index is 0.00000242. The van der Waals surface area contributed by atoms with Crippen LogP contribution in [0.5, 0.6) is 0 Å². The molecule has 1 heterocycles. The third-order valence-corrected chi connectivity index (χ3v) is 3.63. The van der Waals surface area contributed by atoms with Crippen LogP contribution >= 0.6 is 0 Å². The van der Waals surface area contributed by atoms with Gasteiger partial charge in [-0.05, 0) is 18.4 Å². The summed E-state index contributed by atoms with van der Waals surface area (Å²) in [6.45, 7) is 0.245. The number of hydrogen-bond donors (Lipinski definition) is 2. The number of carbonyl (C=O) groups excluding carboxylic acids is 3. The van der Waals surface area contributed by atoms with Crippen LogP contribution in [0.2, 0.25) is 0 Å². The van der Waals surface area contributed by atoms with Crippen LogP contribution in [0.1, 0.15) is 31.2 Å². The Labute approximate surface area is 151 Å². The number of amides is 2. The van der Waals surface area contributed by atoms with E-state index < -0.39 is 11.5 Å². The number of aliphatic carboxylic acids is 1. The smallest absolute Gasteiger partial charge is 0.550 e. The molecule has 0 aromatic heterocycles. The summed E-state index contributed by atoms with van der Waals surface area (Å²) < 4.78 is 0. The average molecular weight is 312 g/mol. The number of hydrogen-bond acceptors (Lipinski definition) is 4. The maximum atomic E-state index is 11.6. The van der Waals surface area contributed by atoms with Crippen LogP contribution in [0.15, 0.2) is 30.3 Å². The normalized spacial score (nSPS) is 19.9. The van der Waals surface area contributed by atoms with Crippen molar-refractivity contribution in [3.8, 4) is 0 Å².